The van der Waals surface area contributed by atoms with Gasteiger partial charge in [0.2, 0.25) is 0 Å². The predicted octanol–water partition coefficient (Wildman–Crippen LogP) is 3.00. The van der Waals surface area contributed by atoms with Gasteiger partial charge in [-0.25, -0.2) is 0 Å². The van der Waals surface area contributed by atoms with Crippen molar-refractivity contribution in [1.29, 1.82) is 0 Å². The number of benzene rings is 1. The molecule has 1 aromatic rings. The SMILES string of the molecule is COc1ccccc1OCCC1(CNC2CC2)CC1. The zero-order valence-corrected chi connectivity index (χ0v) is 11.7. The fourth-order valence-corrected chi connectivity index (χ4v) is 2.46. The Morgan fingerprint density at radius 1 is 1.21 bits per heavy atom. The molecule has 1 N–H and O–H groups in total. The van der Waals surface area contributed by atoms with Crippen molar-refractivity contribution in [3.8, 4) is 11.5 Å². The summed E-state index contributed by atoms with van der Waals surface area (Å²) in [6, 6.07) is 8.68. The van der Waals surface area contributed by atoms with Gasteiger partial charge in [0.25, 0.3) is 0 Å². The van der Waals surface area contributed by atoms with Gasteiger partial charge in [-0.05, 0) is 49.7 Å². The molecule has 0 unspecified atom stereocenters. The maximum atomic E-state index is 5.87. The number of hydrogen-bond donors (Lipinski definition) is 1. The fraction of sp³-hybridized carbons (Fsp3) is 0.625. The van der Waals surface area contributed by atoms with Crippen molar-refractivity contribution in [2.75, 3.05) is 20.3 Å². The minimum absolute atomic E-state index is 0.518. The maximum Gasteiger partial charge on any atom is 0.161 e. The van der Waals surface area contributed by atoms with Crippen LogP contribution in [0, 0.1) is 5.41 Å². The van der Waals surface area contributed by atoms with Crippen LogP contribution in [0.15, 0.2) is 24.3 Å². The third-order valence-corrected chi connectivity index (χ3v) is 4.26. The Hall–Kier alpha value is -1.22. The van der Waals surface area contributed by atoms with Crippen molar-refractivity contribution in [1.82, 2.24) is 5.32 Å². The van der Waals surface area contributed by atoms with E-state index < -0.39 is 0 Å². The molecule has 3 rings (SSSR count). The number of para-hydroxylation sites is 2. The predicted molar refractivity (Wildman–Crippen MR) is 75.8 cm³/mol. The van der Waals surface area contributed by atoms with Crippen LogP contribution < -0.4 is 14.8 Å². The number of methoxy groups -OCH3 is 1. The molecule has 104 valence electrons. The van der Waals surface area contributed by atoms with Crippen LogP contribution in [0.5, 0.6) is 11.5 Å². The van der Waals surface area contributed by atoms with Gasteiger partial charge >= 0.3 is 0 Å². The van der Waals surface area contributed by atoms with Gasteiger partial charge in [0.05, 0.1) is 13.7 Å². The number of nitrogens with one attached hydrogen (secondary N) is 1. The first-order valence-electron chi connectivity index (χ1n) is 7.31. The minimum Gasteiger partial charge on any atom is -0.493 e. The van der Waals surface area contributed by atoms with E-state index in [0.717, 1.165) is 30.6 Å². The first-order valence-corrected chi connectivity index (χ1v) is 7.31. The summed E-state index contributed by atoms with van der Waals surface area (Å²) in [5.74, 6) is 1.68. The van der Waals surface area contributed by atoms with Crippen LogP contribution in [0.2, 0.25) is 0 Å². The zero-order valence-electron chi connectivity index (χ0n) is 11.7. The molecule has 1 aromatic carbocycles. The van der Waals surface area contributed by atoms with Crippen LogP contribution in [0.4, 0.5) is 0 Å². The van der Waals surface area contributed by atoms with Crippen LogP contribution in [0.1, 0.15) is 32.1 Å². The van der Waals surface area contributed by atoms with E-state index in [-0.39, 0.29) is 0 Å². The second-order valence-electron chi connectivity index (χ2n) is 5.90. The van der Waals surface area contributed by atoms with Crippen molar-refractivity contribution in [2.24, 2.45) is 5.41 Å². The number of ether oxygens (including phenoxy) is 2. The van der Waals surface area contributed by atoms with E-state index in [1.807, 2.05) is 24.3 Å². The van der Waals surface area contributed by atoms with Gasteiger partial charge in [-0.15, -0.1) is 0 Å². The molecule has 0 aromatic heterocycles. The Morgan fingerprint density at radius 3 is 2.58 bits per heavy atom. The second kappa shape index (κ2) is 5.41. The lowest BCUT2D eigenvalue weighted by atomic mass is 10.0. The molecule has 0 radical (unpaired) electrons. The summed E-state index contributed by atoms with van der Waals surface area (Å²) in [5.41, 5.74) is 0.518. The van der Waals surface area contributed by atoms with Crippen LogP contribution in [0.3, 0.4) is 0 Å². The monoisotopic (exact) mass is 261 g/mol. The van der Waals surface area contributed by atoms with E-state index in [1.54, 1.807) is 7.11 Å². The molecule has 19 heavy (non-hydrogen) atoms. The molecular weight excluding hydrogens is 238 g/mol. The van der Waals surface area contributed by atoms with Crippen LogP contribution in [0.25, 0.3) is 0 Å². The first kappa shape index (κ1) is 12.8. The van der Waals surface area contributed by atoms with Gasteiger partial charge in [-0.3, -0.25) is 0 Å². The van der Waals surface area contributed by atoms with E-state index in [1.165, 1.54) is 32.2 Å². The summed E-state index contributed by atoms with van der Waals surface area (Å²) in [6.45, 7) is 1.96. The van der Waals surface area contributed by atoms with Gasteiger partial charge in [-0.2, -0.15) is 0 Å². The van der Waals surface area contributed by atoms with E-state index >= 15 is 0 Å². The Kier molecular flexibility index (Phi) is 3.65. The molecule has 0 saturated heterocycles. The van der Waals surface area contributed by atoms with Gasteiger partial charge in [0.15, 0.2) is 11.5 Å². The normalized spacial score (nSPS) is 20.1. The molecule has 3 nitrogen and oxygen atoms in total. The molecule has 0 aliphatic heterocycles. The molecule has 2 aliphatic rings. The highest BCUT2D eigenvalue weighted by molar-refractivity contribution is 5.39. The van der Waals surface area contributed by atoms with E-state index in [4.69, 9.17) is 9.47 Å². The largest absolute Gasteiger partial charge is 0.493 e. The molecule has 3 heteroatoms. The smallest absolute Gasteiger partial charge is 0.161 e. The van der Waals surface area contributed by atoms with Crippen molar-refractivity contribution in [3.63, 3.8) is 0 Å². The molecule has 0 spiro atoms. The van der Waals surface area contributed by atoms with E-state index in [9.17, 15) is 0 Å². The highest BCUT2D eigenvalue weighted by Gasteiger charge is 2.42. The maximum absolute atomic E-state index is 5.87. The molecule has 2 saturated carbocycles. The third-order valence-electron chi connectivity index (χ3n) is 4.26. The van der Waals surface area contributed by atoms with E-state index in [2.05, 4.69) is 5.32 Å². The van der Waals surface area contributed by atoms with Crippen LogP contribution in [-0.4, -0.2) is 26.3 Å². The first-order chi connectivity index (χ1) is 9.31. The van der Waals surface area contributed by atoms with Crippen LogP contribution in [-0.2, 0) is 0 Å². The summed E-state index contributed by atoms with van der Waals surface area (Å²) in [5, 5.41) is 3.65. The molecular formula is C16H23NO2. The Morgan fingerprint density at radius 2 is 1.95 bits per heavy atom. The lowest BCUT2D eigenvalue weighted by Gasteiger charge is -2.17. The van der Waals surface area contributed by atoms with Gasteiger partial charge < -0.3 is 14.8 Å². The van der Waals surface area contributed by atoms with Gasteiger partial charge in [-0.1, -0.05) is 12.1 Å². The number of rotatable bonds is 8. The van der Waals surface area contributed by atoms with Gasteiger partial charge in [0.1, 0.15) is 0 Å². The standard InChI is InChI=1S/C16H23NO2/c1-18-14-4-2-3-5-15(14)19-11-10-16(8-9-16)12-17-13-6-7-13/h2-5,13,17H,6-12H2,1H3. The molecule has 0 atom stereocenters. The zero-order chi connectivity index (χ0) is 13.1. The average molecular weight is 261 g/mol. The molecule has 2 fully saturated rings. The van der Waals surface area contributed by atoms with Crippen molar-refractivity contribution >= 4 is 0 Å². The number of hydrogen-bond acceptors (Lipinski definition) is 3. The summed E-state index contributed by atoms with van der Waals surface area (Å²) in [7, 11) is 1.68. The summed E-state index contributed by atoms with van der Waals surface area (Å²) < 4.78 is 11.2. The fourth-order valence-electron chi connectivity index (χ4n) is 2.46. The summed E-state index contributed by atoms with van der Waals surface area (Å²) >= 11 is 0. The second-order valence-corrected chi connectivity index (χ2v) is 5.90. The lowest BCUT2D eigenvalue weighted by molar-refractivity contribution is 0.253. The Balaban J connectivity index is 1.44. The molecule has 0 heterocycles. The minimum atomic E-state index is 0.518. The van der Waals surface area contributed by atoms with Gasteiger partial charge in [0, 0.05) is 12.6 Å². The quantitative estimate of drug-likeness (QED) is 0.780. The Bertz CT molecular complexity index is 425. The highest BCUT2D eigenvalue weighted by Crippen LogP contribution is 2.48. The van der Waals surface area contributed by atoms with Crippen molar-refractivity contribution in [2.45, 2.75) is 38.1 Å². The van der Waals surface area contributed by atoms with Crippen molar-refractivity contribution in [3.05, 3.63) is 24.3 Å². The highest BCUT2D eigenvalue weighted by atomic mass is 16.5. The van der Waals surface area contributed by atoms with Crippen molar-refractivity contribution < 1.29 is 9.47 Å². The molecule has 0 bridgehead atoms. The summed E-state index contributed by atoms with van der Waals surface area (Å²) in [6.07, 6.45) is 6.58. The third kappa shape index (κ3) is 3.41. The summed E-state index contributed by atoms with van der Waals surface area (Å²) in [4.78, 5) is 0. The Labute approximate surface area is 115 Å². The van der Waals surface area contributed by atoms with Crippen LogP contribution >= 0.6 is 0 Å². The van der Waals surface area contributed by atoms with E-state index in [0.29, 0.717) is 5.41 Å². The average Bonchev–Trinajstić information content (AvgIpc) is 3.33. The molecule has 0 amide bonds. The topological polar surface area (TPSA) is 30.5 Å². The lowest BCUT2D eigenvalue weighted by Crippen LogP contribution is -2.27. The molecule has 2 aliphatic carbocycles.